The topological polar surface area (TPSA) is 94.3 Å². The number of hydrogen-bond acceptors (Lipinski definition) is 5. The molecule has 1 aromatic heterocycles. The minimum absolute atomic E-state index is 0.118. The molecule has 7 heteroatoms. The molecule has 0 saturated heterocycles. The van der Waals surface area contributed by atoms with Gasteiger partial charge in [-0.3, -0.25) is 4.72 Å². The van der Waals surface area contributed by atoms with Gasteiger partial charge in [0.25, 0.3) is 10.0 Å². The molecule has 0 radical (unpaired) electrons. The Morgan fingerprint density at radius 3 is 2.67 bits per heavy atom. The second kappa shape index (κ2) is 6.11. The van der Waals surface area contributed by atoms with Gasteiger partial charge < -0.3 is 10.5 Å². The maximum Gasteiger partial charge on any atom is 0.263 e. The van der Waals surface area contributed by atoms with Crippen molar-refractivity contribution < 1.29 is 13.2 Å². The van der Waals surface area contributed by atoms with E-state index in [1.165, 1.54) is 19.2 Å². The van der Waals surface area contributed by atoms with Crippen LogP contribution < -0.4 is 15.2 Å². The third-order valence-corrected chi connectivity index (χ3v) is 4.26. The number of anilines is 1. The van der Waals surface area contributed by atoms with Gasteiger partial charge in [-0.15, -0.1) is 0 Å². The van der Waals surface area contributed by atoms with Crippen LogP contribution in [0.3, 0.4) is 0 Å². The first-order chi connectivity index (χ1) is 9.96. The second-order valence-electron chi connectivity index (χ2n) is 4.45. The van der Waals surface area contributed by atoms with Crippen molar-refractivity contribution in [2.45, 2.75) is 18.4 Å². The highest BCUT2D eigenvalue weighted by Crippen LogP contribution is 2.23. The van der Waals surface area contributed by atoms with Crippen LogP contribution in [0.2, 0.25) is 0 Å². The van der Waals surface area contributed by atoms with Gasteiger partial charge in [-0.1, -0.05) is 6.07 Å². The average Bonchev–Trinajstić information content (AvgIpc) is 2.46. The van der Waals surface area contributed by atoms with Gasteiger partial charge in [0, 0.05) is 17.8 Å². The Morgan fingerprint density at radius 2 is 2.05 bits per heavy atom. The van der Waals surface area contributed by atoms with Gasteiger partial charge in [-0.25, -0.2) is 13.4 Å². The molecule has 1 aromatic carbocycles. The number of sulfonamides is 1. The number of nitrogens with one attached hydrogen (secondary N) is 1. The van der Waals surface area contributed by atoms with E-state index in [-0.39, 0.29) is 17.3 Å². The zero-order valence-corrected chi connectivity index (χ0v) is 12.6. The third-order valence-electron chi connectivity index (χ3n) is 2.91. The number of pyridine rings is 1. The van der Waals surface area contributed by atoms with Gasteiger partial charge in [0.05, 0.1) is 12.0 Å². The Hall–Kier alpha value is -2.12. The normalized spacial score (nSPS) is 11.2. The van der Waals surface area contributed by atoms with Crippen LogP contribution in [0.25, 0.3) is 0 Å². The van der Waals surface area contributed by atoms with Crippen molar-refractivity contribution in [2.75, 3.05) is 11.8 Å². The molecule has 0 amide bonds. The van der Waals surface area contributed by atoms with Gasteiger partial charge in [0.1, 0.15) is 11.6 Å². The van der Waals surface area contributed by atoms with Crippen LogP contribution in [0.4, 0.5) is 5.82 Å². The average molecular weight is 307 g/mol. The summed E-state index contributed by atoms with van der Waals surface area (Å²) in [7, 11) is -2.20. The van der Waals surface area contributed by atoms with Crippen molar-refractivity contribution in [1.82, 2.24) is 4.98 Å². The molecule has 3 N–H and O–H groups in total. The van der Waals surface area contributed by atoms with Gasteiger partial charge in [-0.05, 0) is 37.3 Å². The lowest BCUT2D eigenvalue weighted by molar-refractivity contribution is 0.409. The fraction of sp³-hybridized carbons (Fsp3) is 0.214. The number of rotatable bonds is 5. The molecule has 0 saturated carbocycles. The number of aryl methyl sites for hydroxylation is 1. The SMILES string of the molecule is COc1ccc(S(=O)(=O)Nc2cccc(C)n2)cc1CN. The molecule has 1 heterocycles. The van der Waals surface area contributed by atoms with E-state index in [1.807, 2.05) is 0 Å². The molecule has 0 atom stereocenters. The highest BCUT2D eigenvalue weighted by molar-refractivity contribution is 7.92. The van der Waals surface area contributed by atoms with E-state index in [0.29, 0.717) is 11.3 Å². The van der Waals surface area contributed by atoms with Gasteiger partial charge in [0.15, 0.2) is 0 Å². The summed E-state index contributed by atoms with van der Waals surface area (Å²) in [6, 6.07) is 9.67. The van der Waals surface area contributed by atoms with E-state index in [9.17, 15) is 8.42 Å². The van der Waals surface area contributed by atoms with E-state index in [1.54, 1.807) is 31.2 Å². The molecule has 21 heavy (non-hydrogen) atoms. The van der Waals surface area contributed by atoms with Crippen LogP contribution in [0.5, 0.6) is 5.75 Å². The number of benzene rings is 1. The highest BCUT2D eigenvalue weighted by Gasteiger charge is 2.17. The number of hydrogen-bond donors (Lipinski definition) is 2. The van der Waals surface area contributed by atoms with Crippen molar-refractivity contribution in [3.05, 3.63) is 47.7 Å². The van der Waals surface area contributed by atoms with Gasteiger partial charge >= 0.3 is 0 Å². The lowest BCUT2D eigenvalue weighted by Gasteiger charge is -2.11. The molecule has 0 aliphatic rings. The summed E-state index contributed by atoms with van der Waals surface area (Å²) in [6.45, 7) is 1.98. The predicted octanol–water partition coefficient (Wildman–Crippen LogP) is 1.66. The molecule has 2 aromatic rings. The number of nitrogens with zero attached hydrogens (tertiary/aromatic N) is 1. The van der Waals surface area contributed by atoms with Crippen molar-refractivity contribution in [2.24, 2.45) is 5.73 Å². The number of aromatic nitrogens is 1. The summed E-state index contributed by atoms with van der Waals surface area (Å²) in [4.78, 5) is 4.24. The Labute approximate surface area is 124 Å². The molecular weight excluding hydrogens is 290 g/mol. The fourth-order valence-electron chi connectivity index (χ4n) is 1.88. The Balaban J connectivity index is 2.35. The zero-order valence-electron chi connectivity index (χ0n) is 11.8. The zero-order chi connectivity index (χ0) is 15.5. The smallest absolute Gasteiger partial charge is 0.263 e. The summed E-state index contributed by atoms with van der Waals surface area (Å²) < 4.78 is 32.3. The third kappa shape index (κ3) is 3.50. The van der Waals surface area contributed by atoms with Crippen molar-refractivity contribution in [3.8, 4) is 5.75 Å². The quantitative estimate of drug-likeness (QED) is 0.876. The molecule has 2 rings (SSSR count). The first kappa shape index (κ1) is 15.3. The van der Waals surface area contributed by atoms with E-state index in [2.05, 4.69) is 9.71 Å². The maximum absolute atomic E-state index is 12.3. The van der Waals surface area contributed by atoms with Crippen molar-refractivity contribution >= 4 is 15.8 Å². The minimum atomic E-state index is -3.71. The standard InChI is InChI=1S/C14H17N3O3S/c1-10-4-3-5-14(16-10)17-21(18,19)12-6-7-13(20-2)11(8-12)9-15/h3-8H,9,15H2,1-2H3,(H,16,17). The van der Waals surface area contributed by atoms with Crippen LogP contribution in [0.1, 0.15) is 11.3 Å². The summed E-state index contributed by atoms with van der Waals surface area (Å²) in [5.41, 5.74) is 6.96. The molecule has 0 spiro atoms. The van der Waals surface area contributed by atoms with Crippen LogP contribution in [-0.4, -0.2) is 20.5 Å². The number of methoxy groups -OCH3 is 1. The molecule has 0 aliphatic carbocycles. The summed E-state index contributed by atoms with van der Waals surface area (Å²) in [5, 5.41) is 0. The Morgan fingerprint density at radius 1 is 1.29 bits per heavy atom. The number of nitrogens with two attached hydrogens (primary N) is 1. The van der Waals surface area contributed by atoms with Crippen LogP contribution in [-0.2, 0) is 16.6 Å². The monoisotopic (exact) mass is 307 g/mol. The maximum atomic E-state index is 12.3. The van der Waals surface area contributed by atoms with E-state index >= 15 is 0 Å². The van der Waals surface area contributed by atoms with Crippen LogP contribution >= 0.6 is 0 Å². The van der Waals surface area contributed by atoms with Crippen molar-refractivity contribution in [1.29, 1.82) is 0 Å². The Kier molecular flexibility index (Phi) is 4.44. The van der Waals surface area contributed by atoms with Crippen LogP contribution in [0, 0.1) is 6.92 Å². The van der Waals surface area contributed by atoms with Gasteiger partial charge in [-0.2, -0.15) is 0 Å². The van der Waals surface area contributed by atoms with E-state index in [0.717, 1.165) is 5.69 Å². The van der Waals surface area contributed by atoms with E-state index < -0.39 is 10.0 Å². The molecule has 112 valence electrons. The fourth-order valence-corrected chi connectivity index (χ4v) is 2.93. The first-order valence-corrected chi connectivity index (χ1v) is 7.78. The number of ether oxygens (including phenoxy) is 1. The molecule has 0 bridgehead atoms. The largest absolute Gasteiger partial charge is 0.496 e. The lowest BCUT2D eigenvalue weighted by Crippen LogP contribution is -2.15. The second-order valence-corrected chi connectivity index (χ2v) is 6.13. The Bertz CT molecular complexity index is 745. The summed E-state index contributed by atoms with van der Waals surface area (Å²) >= 11 is 0. The van der Waals surface area contributed by atoms with E-state index in [4.69, 9.17) is 10.5 Å². The predicted molar refractivity (Wildman–Crippen MR) is 80.7 cm³/mol. The molecule has 0 fully saturated rings. The highest BCUT2D eigenvalue weighted by atomic mass is 32.2. The van der Waals surface area contributed by atoms with Crippen molar-refractivity contribution in [3.63, 3.8) is 0 Å². The van der Waals surface area contributed by atoms with Gasteiger partial charge in [0.2, 0.25) is 0 Å². The molecule has 6 nitrogen and oxygen atoms in total. The minimum Gasteiger partial charge on any atom is -0.496 e. The molecule has 0 aliphatic heterocycles. The summed E-state index contributed by atoms with van der Waals surface area (Å²) in [5.74, 6) is 0.838. The molecule has 0 unspecified atom stereocenters. The first-order valence-electron chi connectivity index (χ1n) is 6.30. The van der Waals surface area contributed by atoms with Crippen LogP contribution in [0.15, 0.2) is 41.3 Å². The lowest BCUT2D eigenvalue weighted by atomic mass is 10.2. The molecular formula is C14H17N3O3S. The summed E-state index contributed by atoms with van der Waals surface area (Å²) in [6.07, 6.45) is 0.